The fourth-order valence-electron chi connectivity index (χ4n) is 1.66. The number of aryl methyl sites for hydroxylation is 1. The third kappa shape index (κ3) is 3.20. The lowest BCUT2D eigenvalue weighted by atomic mass is 10.1. The van der Waals surface area contributed by atoms with Crippen LogP contribution in [0.5, 0.6) is 5.75 Å². The molecule has 2 aromatic carbocycles. The minimum absolute atomic E-state index is 0.848. The van der Waals surface area contributed by atoms with Crippen molar-refractivity contribution >= 4 is 11.9 Å². The summed E-state index contributed by atoms with van der Waals surface area (Å²) in [4.78, 5) is 4.43. The Morgan fingerprint density at radius 1 is 1.00 bits per heavy atom. The molecule has 0 aliphatic rings. The summed E-state index contributed by atoms with van der Waals surface area (Å²) in [7, 11) is 1.66. The summed E-state index contributed by atoms with van der Waals surface area (Å²) in [6.07, 6.45) is 2.94. The van der Waals surface area contributed by atoms with Crippen LogP contribution in [0.2, 0.25) is 0 Å². The highest BCUT2D eigenvalue weighted by Crippen LogP contribution is 2.17. The largest absolute Gasteiger partial charge is 0.497 e. The lowest BCUT2D eigenvalue weighted by Gasteiger charge is -1.99. The molecule has 0 amide bonds. The molecular weight excluding hydrogens is 222 g/mol. The van der Waals surface area contributed by atoms with Crippen LogP contribution in [0, 0.1) is 0 Å². The van der Waals surface area contributed by atoms with Crippen LogP contribution in [0.3, 0.4) is 0 Å². The molecule has 0 saturated carbocycles. The molecule has 0 unspecified atom stereocenters. The van der Waals surface area contributed by atoms with Crippen molar-refractivity contribution in [3.63, 3.8) is 0 Å². The lowest BCUT2D eigenvalue weighted by Crippen LogP contribution is -1.83. The first-order valence-electron chi connectivity index (χ1n) is 6.09. The van der Waals surface area contributed by atoms with E-state index in [9.17, 15) is 0 Å². The van der Waals surface area contributed by atoms with Crippen molar-refractivity contribution in [2.75, 3.05) is 7.11 Å². The normalized spacial score (nSPS) is 10.8. The third-order valence-electron chi connectivity index (χ3n) is 2.82. The van der Waals surface area contributed by atoms with Gasteiger partial charge in [0, 0.05) is 6.21 Å². The molecule has 0 aliphatic carbocycles. The van der Waals surface area contributed by atoms with Gasteiger partial charge in [0.2, 0.25) is 0 Å². The van der Waals surface area contributed by atoms with Crippen molar-refractivity contribution in [3.8, 4) is 5.75 Å². The second-order valence-corrected chi connectivity index (χ2v) is 4.05. The third-order valence-corrected chi connectivity index (χ3v) is 2.82. The van der Waals surface area contributed by atoms with Crippen molar-refractivity contribution in [2.24, 2.45) is 4.99 Å². The maximum Gasteiger partial charge on any atom is 0.119 e. The number of rotatable bonds is 4. The molecule has 0 N–H and O–H groups in total. The summed E-state index contributed by atoms with van der Waals surface area (Å²) in [6.45, 7) is 2.15. The topological polar surface area (TPSA) is 21.6 Å². The number of hydrogen-bond donors (Lipinski definition) is 0. The van der Waals surface area contributed by atoms with Crippen molar-refractivity contribution in [1.82, 2.24) is 0 Å². The minimum atomic E-state index is 0.848. The van der Waals surface area contributed by atoms with E-state index in [1.807, 2.05) is 30.5 Å². The second-order valence-electron chi connectivity index (χ2n) is 4.05. The van der Waals surface area contributed by atoms with E-state index in [2.05, 4.69) is 36.2 Å². The van der Waals surface area contributed by atoms with Gasteiger partial charge >= 0.3 is 0 Å². The van der Waals surface area contributed by atoms with Gasteiger partial charge in [-0.2, -0.15) is 0 Å². The average Bonchev–Trinajstić information content (AvgIpc) is 2.46. The Morgan fingerprint density at radius 3 is 2.22 bits per heavy atom. The number of benzene rings is 2. The van der Waals surface area contributed by atoms with Gasteiger partial charge in [-0.25, -0.2) is 0 Å². The minimum Gasteiger partial charge on any atom is -0.497 e. The van der Waals surface area contributed by atoms with Crippen LogP contribution in [0.25, 0.3) is 0 Å². The van der Waals surface area contributed by atoms with E-state index < -0.39 is 0 Å². The standard InChI is InChI=1S/C16H17NO/c1-3-13-4-6-14(7-5-13)12-17-15-8-10-16(18-2)11-9-15/h4-12H,3H2,1-2H3. The zero-order valence-corrected chi connectivity index (χ0v) is 10.8. The molecule has 92 valence electrons. The van der Waals surface area contributed by atoms with E-state index in [1.54, 1.807) is 7.11 Å². The van der Waals surface area contributed by atoms with Crippen molar-refractivity contribution < 1.29 is 4.74 Å². The number of nitrogens with zero attached hydrogens (tertiary/aromatic N) is 1. The predicted octanol–water partition coefficient (Wildman–Crippen LogP) is 4.01. The Labute approximate surface area is 108 Å². The monoisotopic (exact) mass is 239 g/mol. The first-order valence-corrected chi connectivity index (χ1v) is 6.09. The molecule has 18 heavy (non-hydrogen) atoms. The van der Waals surface area contributed by atoms with Gasteiger partial charge in [-0.05, 0) is 41.8 Å². The smallest absolute Gasteiger partial charge is 0.119 e. The van der Waals surface area contributed by atoms with Crippen molar-refractivity contribution in [3.05, 3.63) is 59.7 Å². The number of methoxy groups -OCH3 is 1. The fourth-order valence-corrected chi connectivity index (χ4v) is 1.66. The van der Waals surface area contributed by atoms with E-state index in [0.717, 1.165) is 23.4 Å². The van der Waals surface area contributed by atoms with Gasteiger partial charge < -0.3 is 4.74 Å². The lowest BCUT2D eigenvalue weighted by molar-refractivity contribution is 0.415. The zero-order valence-electron chi connectivity index (χ0n) is 10.8. The van der Waals surface area contributed by atoms with Gasteiger partial charge in [-0.15, -0.1) is 0 Å². The zero-order chi connectivity index (χ0) is 12.8. The Kier molecular flexibility index (Phi) is 4.13. The van der Waals surface area contributed by atoms with Crippen LogP contribution in [-0.2, 0) is 6.42 Å². The molecule has 0 aromatic heterocycles. The van der Waals surface area contributed by atoms with E-state index in [-0.39, 0.29) is 0 Å². The summed E-state index contributed by atoms with van der Waals surface area (Å²) >= 11 is 0. The summed E-state index contributed by atoms with van der Waals surface area (Å²) in [5.41, 5.74) is 3.38. The predicted molar refractivity (Wildman–Crippen MR) is 76.1 cm³/mol. The molecule has 0 fully saturated rings. The highest BCUT2D eigenvalue weighted by atomic mass is 16.5. The summed E-state index contributed by atoms with van der Waals surface area (Å²) in [5, 5.41) is 0. The van der Waals surface area contributed by atoms with E-state index in [1.165, 1.54) is 5.56 Å². The van der Waals surface area contributed by atoms with Gasteiger partial charge in [-0.3, -0.25) is 4.99 Å². The number of aliphatic imine (C=N–C) groups is 1. The van der Waals surface area contributed by atoms with Crippen LogP contribution < -0.4 is 4.74 Å². The molecule has 0 radical (unpaired) electrons. The molecular formula is C16H17NO. The highest BCUT2D eigenvalue weighted by Gasteiger charge is 1.92. The van der Waals surface area contributed by atoms with E-state index >= 15 is 0 Å². The SMILES string of the molecule is CCc1ccc(C=Nc2ccc(OC)cc2)cc1. The molecule has 0 spiro atoms. The highest BCUT2D eigenvalue weighted by molar-refractivity contribution is 5.81. The maximum absolute atomic E-state index is 5.11. The van der Waals surface area contributed by atoms with E-state index in [4.69, 9.17) is 4.74 Å². The molecule has 0 atom stereocenters. The molecule has 0 aliphatic heterocycles. The van der Waals surface area contributed by atoms with Crippen LogP contribution in [0.1, 0.15) is 18.1 Å². The van der Waals surface area contributed by atoms with Gasteiger partial charge in [0.05, 0.1) is 12.8 Å². The van der Waals surface area contributed by atoms with Gasteiger partial charge in [-0.1, -0.05) is 31.2 Å². The molecule has 0 saturated heterocycles. The van der Waals surface area contributed by atoms with Gasteiger partial charge in [0.1, 0.15) is 5.75 Å². The molecule has 2 nitrogen and oxygen atoms in total. The Bertz CT molecular complexity index is 462. The van der Waals surface area contributed by atoms with Crippen LogP contribution in [0.4, 0.5) is 5.69 Å². The van der Waals surface area contributed by atoms with Crippen LogP contribution in [0.15, 0.2) is 53.5 Å². The molecule has 2 heteroatoms. The van der Waals surface area contributed by atoms with Crippen molar-refractivity contribution in [1.29, 1.82) is 0 Å². The Hall–Kier alpha value is -2.09. The van der Waals surface area contributed by atoms with Crippen LogP contribution >= 0.6 is 0 Å². The average molecular weight is 239 g/mol. The summed E-state index contributed by atoms with van der Waals surface area (Å²) in [6, 6.07) is 16.1. The second kappa shape index (κ2) is 6.01. The first-order chi connectivity index (χ1) is 8.81. The number of hydrogen-bond acceptors (Lipinski definition) is 2. The van der Waals surface area contributed by atoms with Crippen molar-refractivity contribution in [2.45, 2.75) is 13.3 Å². The Balaban J connectivity index is 2.08. The van der Waals surface area contributed by atoms with Gasteiger partial charge in [0.25, 0.3) is 0 Å². The quantitative estimate of drug-likeness (QED) is 0.739. The molecule has 2 rings (SSSR count). The Morgan fingerprint density at radius 2 is 1.67 bits per heavy atom. The number of ether oxygens (including phenoxy) is 1. The van der Waals surface area contributed by atoms with Crippen LogP contribution in [-0.4, -0.2) is 13.3 Å². The molecule has 0 bridgehead atoms. The summed E-state index contributed by atoms with van der Waals surface area (Å²) in [5.74, 6) is 0.848. The fraction of sp³-hybridized carbons (Fsp3) is 0.188. The molecule has 2 aromatic rings. The van der Waals surface area contributed by atoms with Gasteiger partial charge in [0.15, 0.2) is 0 Å². The molecule has 0 heterocycles. The first kappa shape index (κ1) is 12.4. The summed E-state index contributed by atoms with van der Waals surface area (Å²) < 4.78 is 5.11. The van der Waals surface area contributed by atoms with E-state index in [0.29, 0.717) is 0 Å². The maximum atomic E-state index is 5.11.